The molecule has 3 rings (SSSR count). The van der Waals surface area contributed by atoms with Gasteiger partial charge in [-0.25, -0.2) is 22.8 Å². The van der Waals surface area contributed by atoms with Gasteiger partial charge in [-0.05, 0) is 17.7 Å². The zero-order valence-electron chi connectivity index (χ0n) is 14.3. The number of hydrogen-bond donors (Lipinski definition) is 3. The van der Waals surface area contributed by atoms with E-state index in [4.69, 9.17) is 0 Å². The van der Waals surface area contributed by atoms with Crippen molar-refractivity contribution in [3.8, 4) is 0 Å². The molecule has 0 radical (unpaired) electrons. The Kier molecular flexibility index (Phi) is 5.46. The van der Waals surface area contributed by atoms with Crippen LogP contribution in [0.15, 0.2) is 55.0 Å². The Bertz CT molecular complexity index is 1010. The number of sulfonamides is 1. The lowest BCUT2D eigenvalue weighted by molar-refractivity contribution is 0.607. The molecule has 0 fully saturated rings. The fourth-order valence-electron chi connectivity index (χ4n) is 2.25. The van der Waals surface area contributed by atoms with Gasteiger partial charge in [-0.3, -0.25) is 9.71 Å². The summed E-state index contributed by atoms with van der Waals surface area (Å²) < 4.78 is 38.5. The van der Waals surface area contributed by atoms with E-state index in [9.17, 15) is 12.8 Å². The van der Waals surface area contributed by atoms with Crippen LogP contribution in [0.2, 0.25) is 0 Å². The highest BCUT2D eigenvalue weighted by atomic mass is 32.2. The number of halogens is 1. The Morgan fingerprint density at radius 2 is 1.78 bits per heavy atom. The standard InChI is InChI=1S/C17H17FN6O2S/c1-27(25,26)24-14-8-15(21-10-12-2-4-13(18)5-3-12)22-16(9-14)23-17-11-19-6-7-20-17/h2-9,11H,10H2,1H3,(H3,20,21,22,23,24). The molecular formula is C17H17FN6O2S. The van der Waals surface area contributed by atoms with Gasteiger partial charge in [0.15, 0.2) is 0 Å². The van der Waals surface area contributed by atoms with Gasteiger partial charge in [0.2, 0.25) is 10.0 Å². The van der Waals surface area contributed by atoms with Crippen molar-refractivity contribution >= 4 is 33.2 Å². The smallest absolute Gasteiger partial charge is 0.229 e. The number of anilines is 4. The number of nitrogens with zero attached hydrogens (tertiary/aromatic N) is 3. The summed E-state index contributed by atoms with van der Waals surface area (Å²) in [5.41, 5.74) is 1.18. The predicted molar refractivity (Wildman–Crippen MR) is 102 cm³/mol. The van der Waals surface area contributed by atoms with Crippen LogP contribution in [0.5, 0.6) is 0 Å². The van der Waals surface area contributed by atoms with E-state index in [-0.39, 0.29) is 5.82 Å². The number of pyridine rings is 1. The van der Waals surface area contributed by atoms with Gasteiger partial charge >= 0.3 is 0 Å². The molecule has 3 aromatic rings. The third-order valence-corrected chi connectivity index (χ3v) is 3.94. The third kappa shape index (κ3) is 5.89. The van der Waals surface area contributed by atoms with Gasteiger partial charge in [0.25, 0.3) is 0 Å². The Morgan fingerprint density at radius 1 is 1.04 bits per heavy atom. The number of aromatic nitrogens is 3. The van der Waals surface area contributed by atoms with Gasteiger partial charge in [0, 0.05) is 31.1 Å². The molecule has 2 heterocycles. The highest BCUT2D eigenvalue weighted by molar-refractivity contribution is 7.92. The molecule has 0 aliphatic heterocycles. The normalized spacial score (nSPS) is 11.0. The van der Waals surface area contributed by atoms with Crippen molar-refractivity contribution in [1.82, 2.24) is 15.0 Å². The first-order chi connectivity index (χ1) is 12.9. The molecule has 0 spiro atoms. The monoisotopic (exact) mass is 388 g/mol. The van der Waals surface area contributed by atoms with Crippen LogP contribution >= 0.6 is 0 Å². The van der Waals surface area contributed by atoms with Crippen molar-refractivity contribution in [3.63, 3.8) is 0 Å². The molecule has 1 aromatic carbocycles. The molecule has 8 nitrogen and oxygen atoms in total. The lowest BCUT2D eigenvalue weighted by Gasteiger charge is -2.12. The number of nitrogens with one attached hydrogen (secondary N) is 3. The van der Waals surface area contributed by atoms with E-state index in [0.717, 1.165) is 11.8 Å². The van der Waals surface area contributed by atoms with Crippen molar-refractivity contribution < 1.29 is 12.8 Å². The van der Waals surface area contributed by atoms with E-state index in [1.54, 1.807) is 24.3 Å². The van der Waals surface area contributed by atoms with Crippen LogP contribution in [-0.2, 0) is 16.6 Å². The van der Waals surface area contributed by atoms with Crippen LogP contribution in [0.3, 0.4) is 0 Å². The van der Waals surface area contributed by atoms with E-state index in [0.29, 0.717) is 29.7 Å². The minimum absolute atomic E-state index is 0.313. The summed E-state index contributed by atoms with van der Waals surface area (Å²) in [5, 5.41) is 6.06. The first-order valence-corrected chi connectivity index (χ1v) is 9.78. The maximum absolute atomic E-state index is 13.0. The molecule has 0 atom stereocenters. The van der Waals surface area contributed by atoms with Crippen LogP contribution in [0.25, 0.3) is 0 Å². The van der Waals surface area contributed by atoms with Gasteiger partial charge in [0.05, 0.1) is 18.1 Å². The van der Waals surface area contributed by atoms with Crippen molar-refractivity contribution in [3.05, 3.63) is 66.4 Å². The van der Waals surface area contributed by atoms with Crippen LogP contribution < -0.4 is 15.4 Å². The minimum Gasteiger partial charge on any atom is -0.366 e. The minimum atomic E-state index is -3.46. The lowest BCUT2D eigenvalue weighted by Crippen LogP contribution is -2.11. The summed E-state index contributed by atoms with van der Waals surface area (Å²) in [6.45, 7) is 0.389. The highest BCUT2D eigenvalue weighted by Crippen LogP contribution is 2.22. The first-order valence-electron chi connectivity index (χ1n) is 7.89. The molecule has 0 bridgehead atoms. The topological polar surface area (TPSA) is 109 Å². The molecule has 0 amide bonds. The maximum Gasteiger partial charge on any atom is 0.229 e. The Balaban J connectivity index is 1.83. The fraction of sp³-hybridized carbons (Fsp3) is 0.118. The first kappa shape index (κ1) is 18.5. The highest BCUT2D eigenvalue weighted by Gasteiger charge is 2.08. The van der Waals surface area contributed by atoms with E-state index < -0.39 is 10.0 Å². The molecule has 2 aromatic heterocycles. The third-order valence-electron chi connectivity index (χ3n) is 3.33. The average Bonchev–Trinajstić information content (AvgIpc) is 2.60. The predicted octanol–water partition coefficient (Wildman–Crippen LogP) is 2.74. The Labute approximate surface area is 156 Å². The summed E-state index contributed by atoms with van der Waals surface area (Å²) in [6, 6.07) is 9.14. The van der Waals surface area contributed by atoms with Crippen LogP contribution in [0, 0.1) is 5.82 Å². The second-order valence-electron chi connectivity index (χ2n) is 5.70. The van der Waals surface area contributed by atoms with Crippen molar-refractivity contribution in [1.29, 1.82) is 0 Å². The van der Waals surface area contributed by atoms with E-state index >= 15 is 0 Å². The number of benzene rings is 1. The molecule has 0 saturated carbocycles. The molecule has 0 aliphatic rings. The van der Waals surface area contributed by atoms with Crippen molar-refractivity contribution in [2.75, 3.05) is 21.6 Å². The van der Waals surface area contributed by atoms with E-state index in [2.05, 4.69) is 30.3 Å². The second-order valence-corrected chi connectivity index (χ2v) is 7.44. The van der Waals surface area contributed by atoms with Gasteiger partial charge in [0.1, 0.15) is 23.3 Å². The zero-order valence-corrected chi connectivity index (χ0v) is 15.2. The largest absolute Gasteiger partial charge is 0.366 e. The summed E-state index contributed by atoms with van der Waals surface area (Å²) in [5.74, 6) is 0.961. The van der Waals surface area contributed by atoms with Crippen molar-refractivity contribution in [2.45, 2.75) is 6.54 Å². The number of rotatable bonds is 7. The van der Waals surface area contributed by atoms with Gasteiger partial charge < -0.3 is 10.6 Å². The summed E-state index contributed by atoms with van der Waals surface area (Å²) in [6.07, 6.45) is 5.64. The maximum atomic E-state index is 13.0. The fourth-order valence-corrected chi connectivity index (χ4v) is 2.79. The summed E-state index contributed by atoms with van der Waals surface area (Å²) in [4.78, 5) is 12.5. The van der Waals surface area contributed by atoms with Gasteiger partial charge in [-0.2, -0.15) is 0 Å². The van der Waals surface area contributed by atoms with Crippen LogP contribution in [0.4, 0.5) is 27.5 Å². The molecule has 27 heavy (non-hydrogen) atoms. The SMILES string of the molecule is CS(=O)(=O)Nc1cc(NCc2ccc(F)cc2)nc(Nc2cnccn2)c1. The lowest BCUT2D eigenvalue weighted by atomic mass is 10.2. The van der Waals surface area contributed by atoms with E-state index in [1.165, 1.54) is 30.7 Å². The summed E-state index contributed by atoms with van der Waals surface area (Å²) >= 11 is 0. The average molecular weight is 388 g/mol. The van der Waals surface area contributed by atoms with Gasteiger partial charge in [-0.1, -0.05) is 12.1 Å². The number of hydrogen-bond acceptors (Lipinski definition) is 7. The second kappa shape index (κ2) is 7.96. The molecule has 140 valence electrons. The molecule has 0 aliphatic carbocycles. The van der Waals surface area contributed by atoms with E-state index in [1.807, 2.05) is 0 Å². The zero-order chi connectivity index (χ0) is 19.3. The van der Waals surface area contributed by atoms with Crippen LogP contribution in [-0.4, -0.2) is 29.6 Å². The molecule has 0 unspecified atom stereocenters. The molecule has 10 heteroatoms. The quantitative estimate of drug-likeness (QED) is 0.571. The molecule has 3 N–H and O–H groups in total. The molecule has 0 saturated heterocycles. The molecular weight excluding hydrogens is 371 g/mol. The van der Waals surface area contributed by atoms with Crippen molar-refractivity contribution in [2.24, 2.45) is 0 Å². The Hall–Kier alpha value is -3.27. The van der Waals surface area contributed by atoms with Gasteiger partial charge in [-0.15, -0.1) is 0 Å². The summed E-state index contributed by atoms with van der Waals surface area (Å²) in [7, 11) is -3.46. The Morgan fingerprint density at radius 3 is 2.44 bits per heavy atom. The van der Waals surface area contributed by atoms with Crippen LogP contribution in [0.1, 0.15) is 5.56 Å².